The second kappa shape index (κ2) is 5.30. The maximum Gasteiger partial charge on any atom is 0.0649 e. The van der Waals surface area contributed by atoms with E-state index in [1.165, 1.54) is 35.3 Å². The van der Waals surface area contributed by atoms with Gasteiger partial charge in [0.2, 0.25) is 0 Å². The largest absolute Gasteiger partial charge is 0.308 e. The van der Waals surface area contributed by atoms with E-state index >= 15 is 0 Å². The minimum Gasteiger partial charge on any atom is -0.308 e. The molecule has 1 aromatic heterocycles. The molecule has 1 aliphatic carbocycles. The van der Waals surface area contributed by atoms with Gasteiger partial charge in [-0.25, -0.2) is 4.68 Å². The molecule has 21 heavy (non-hydrogen) atoms. The molecule has 1 heterocycles. The summed E-state index contributed by atoms with van der Waals surface area (Å²) in [4.78, 5) is 0. The van der Waals surface area contributed by atoms with Crippen LogP contribution < -0.4 is 5.32 Å². The summed E-state index contributed by atoms with van der Waals surface area (Å²) in [6, 6.07) is 8.63. The highest BCUT2D eigenvalue weighted by Gasteiger charge is 2.30. The molecule has 1 fully saturated rings. The molecule has 1 aromatic carbocycles. The van der Waals surface area contributed by atoms with Gasteiger partial charge in [-0.15, -0.1) is 0 Å². The molecule has 0 atom stereocenters. The van der Waals surface area contributed by atoms with Gasteiger partial charge in [0.25, 0.3) is 0 Å². The lowest BCUT2D eigenvalue weighted by molar-refractivity contribution is 0.423. The van der Waals surface area contributed by atoms with Gasteiger partial charge >= 0.3 is 0 Å². The fourth-order valence-electron chi connectivity index (χ4n) is 2.57. The van der Waals surface area contributed by atoms with E-state index in [4.69, 9.17) is 0 Å². The quantitative estimate of drug-likeness (QED) is 0.921. The number of rotatable bonds is 4. The molecule has 1 saturated carbocycles. The van der Waals surface area contributed by atoms with Crippen LogP contribution in [0.2, 0.25) is 0 Å². The minimum atomic E-state index is 0.132. The Balaban J connectivity index is 1.91. The number of aryl methyl sites for hydroxylation is 1. The van der Waals surface area contributed by atoms with E-state index in [0.29, 0.717) is 5.92 Å². The second-order valence-corrected chi connectivity index (χ2v) is 7.18. The van der Waals surface area contributed by atoms with Crippen molar-refractivity contribution >= 4 is 0 Å². The Labute approximate surface area is 127 Å². The summed E-state index contributed by atoms with van der Waals surface area (Å²) in [5, 5.41) is 8.24. The van der Waals surface area contributed by atoms with Gasteiger partial charge in [-0.05, 0) is 52.7 Å². The van der Waals surface area contributed by atoms with Crippen molar-refractivity contribution in [1.82, 2.24) is 15.1 Å². The van der Waals surface area contributed by atoms with E-state index < -0.39 is 0 Å². The highest BCUT2D eigenvalue weighted by molar-refractivity contribution is 5.39. The summed E-state index contributed by atoms with van der Waals surface area (Å²) < 4.78 is 2.14. The van der Waals surface area contributed by atoms with Gasteiger partial charge in [0.1, 0.15) is 0 Å². The smallest absolute Gasteiger partial charge is 0.0649 e. The fourth-order valence-corrected chi connectivity index (χ4v) is 2.57. The predicted molar refractivity (Wildman–Crippen MR) is 86.9 cm³/mol. The Kier molecular flexibility index (Phi) is 3.62. The Morgan fingerprint density at radius 2 is 1.86 bits per heavy atom. The van der Waals surface area contributed by atoms with E-state index in [0.717, 1.165) is 6.54 Å². The number of hydrogen-bond donors (Lipinski definition) is 1. The van der Waals surface area contributed by atoms with Gasteiger partial charge in [-0.3, -0.25) is 0 Å². The zero-order valence-corrected chi connectivity index (χ0v) is 13.5. The van der Waals surface area contributed by atoms with E-state index in [1.807, 2.05) is 6.20 Å². The van der Waals surface area contributed by atoms with Crippen molar-refractivity contribution in [3.05, 3.63) is 47.3 Å². The minimum absolute atomic E-state index is 0.132. The van der Waals surface area contributed by atoms with Gasteiger partial charge in [0.05, 0.1) is 17.6 Å². The molecule has 3 nitrogen and oxygen atoms in total. The summed E-state index contributed by atoms with van der Waals surface area (Å²) in [6.45, 7) is 9.62. The summed E-state index contributed by atoms with van der Waals surface area (Å²) in [5.74, 6) is 0.686. The molecule has 0 spiro atoms. The van der Waals surface area contributed by atoms with Gasteiger partial charge in [-0.1, -0.05) is 17.7 Å². The molecule has 3 rings (SSSR count). The third-order valence-electron chi connectivity index (χ3n) is 3.94. The van der Waals surface area contributed by atoms with E-state index in [1.54, 1.807) is 0 Å². The van der Waals surface area contributed by atoms with Crippen LogP contribution in [0.25, 0.3) is 5.69 Å². The van der Waals surface area contributed by atoms with Gasteiger partial charge in [0.15, 0.2) is 0 Å². The normalized spacial score (nSPS) is 15.4. The first-order chi connectivity index (χ1) is 9.94. The van der Waals surface area contributed by atoms with Crippen LogP contribution in [0.4, 0.5) is 0 Å². The number of aromatic nitrogens is 2. The average molecular weight is 283 g/mol. The Bertz CT molecular complexity index is 613. The Morgan fingerprint density at radius 3 is 2.43 bits per heavy atom. The zero-order valence-electron chi connectivity index (χ0n) is 13.5. The first-order valence-electron chi connectivity index (χ1n) is 7.83. The lowest BCUT2D eigenvalue weighted by Crippen LogP contribution is -2.35. The molecule has 0 amide bonds. The Morgan fingerprint density at radius 1 is 1.19 bits per heavy atom. The third kappa shape index (κ3) is 3.35. The average Bonchev–Trinajstić information content (AvgIpc) is 3.17. The van der Waals surface area contributed by atoms with E-state index in [-0.39, 0.29) is 5.54 Å². The van der Waals surface area contributed by atoms with E-state index in [9.17, 15) is 0 Å². The van der Waals surface area contributed by atoms with Crippen molar-refractivity contribution in [1.29, 1.82) is 0 Å². The molecule has 1 aliphatic rings. The molecule has 0 aliphatic heterocycles. The van der Waals surface area contributed by atoms with Crippen LogP contribution >= 0.6 is 0 Å². The van der Waals surface area contributed by atoms with Crippen molar-refractivity contribution in [3.63, 3.8) is 0 Å². The number of hydrogen-bond acceptors (Lipinski definition) is 2. The molecule has 112 valence electrons. The number of benzene rings is 1. The monoisotopic (exact) mass is 283 g/mol. The molecule has 0 bridgehead atoms. The topological polar surface area (TPSA) is 29.9 Å². The van der Waals surface area contributed by atoms with Crippen LogP contribution in [0.1, 0.15) is 56.4 Å². The van der Waals surface area contributed by atoms with Gasteiger partial charge in [0, 0.05) is 23.6 Å². The van der Waals surface area contributed by atoms with Gasteiger partial charge < -0.3 is 5.32 Å². The first-order valence-corrected chi connectivity index (χ1v) is 7.83. The molecular weight excluding hydrogens is 258 g/mol. The maximum absolute atomic E-state index is 4.65. The van der Waals surface area contributed by atoms with Crippen LogP contribution in [-0.4, -0.2) is 15.3 Å². The highest BCUT2D eigenvalue weighted by atomic mass is 15.3. The lowest BCUT2D eigenvalue weighted by atomic mass is 10.1. The van der Waals surface area contributed by atoms with Crippen LogP contribution in [0.3, 0.4) is 0 Å². The summed E-state index contributed by atoms with van der Waals surface area (Å²) in [6.07, 6.45) is 4.62. The van der Waals surface area contributed by atoms with Crippen LogP contribution in [0, 0.1) is 6.92 Å². The SMILES string of the molecule is Cc1ccc(-n2ncc(CNC(C)(C)C)c2C2CC2)cc1. The molecule has 0 radical (unpaired) electrons. The Hall–Kier alpha value is -1.61. The van der Waals surface area contributed by atoms with Crippen LogP contribution in [0.5, 0.6) is 0 Å². The number of nitrogens with one attached hydrogen (secondary N) is 1. The molecule has 2 aromatic rings. The van der Waals surface area contributed by atoms with Crippen molar-refractivity contribution in [2.45, 2.75) is 58.5 Å². The summed E-state index contributed by atoms with van der Waals surface area (Å²) in [5.41, 5.74) is 5.33. The molecule has 3 heteroatoms. The van der Waals surface area contributed by atoms with Crippen molar-refractivity contribution in [2.24, 2.45) is 0 Å². The fraction of sp³-hybridized carbons (Fsp3) is 0.500. The van der Waals surface area contributed by atoms with Crippen molar-refractivity contribution < 1.29 is 0 Å². The highest BCUT2D eigenvalue weighted by Crippen LogP contribution is 2.42. The first kappa shape index (κ1) is 14.3. The number of nitrogens with zero attached hydrogens (tertiary/aromatic N) is 2. The van der Waals surface area contributed by atoms with Crippen LogP contribution in [0.15, 0.2) is 30.5 Å². The third-order valence-corrected chi connectivity index (χ3v) is 3.94. The summed E-state index contributed by atoms with van der Waals surface area (Å²) in [7, 11) is 0. The van der Waals surface area contributed by atoms with Crippen molar-refractivity contribution in [3.8, 4) is 5.69 Å². The maximum atomic E-state index is 4.65. The lowest BCUT2D eigenvalue weighted by Gasteiger charge is -2.20. The van der Waals surface area contributed by atoms with E-state index in [2.05, 4.69) is 67.1 Å². The van der Waals surface area contributed by atoms with Gasteiger partial charge in [-0.2, -0.15) is 5.10 Å². The standard InChI is InChI=1S/C18H25N3/c1-13-5-9-16(10-6-13)21-17(14-7-8-14)15(12-20-21)11-19-18(2,3)4/h5-6,9-10,12,14,19H,7-8,11H2,1-4H3. The molecule has 1 N–H and O–H groups in total. The predicted octanol–water partition coefficient (Wildman–Crippen LogP) is 3.95. The molecular formula is C18H25N3. The second-order valence-electron chi connectivity index (χ2n) is 7.18. The molecule has 0 saturated heterocycles. The van der Waals surface area contributed by atoms with Crippen LogP contribution in [-0.2, 0) is 6.54 Å². The summed E-state index contributed by atoms with van der Waals surface area (Å²) >= 11 is 0. The molecule has 0 unspecified atom stereocenters. The zero-order chi connectivity index (χ0) is 15.0. The van der Waals surface area contributed by atoms with Crippen molar-refractivity contribution in [2.75, 3.05) is 0 Å².